The molecule has 0 aliphatic heterocycles. The Morgan fingerprint density at radius 2 is 0.714 bits per heavy atom. The van der Waals surface area contributed by atoms with E-state index in [-0.39, 0.29) is 0 Å². The van der Waals surface area contributed by atoms with E-state index in [1.54, 1.807) is 0 Å². The van der Waals surface area contributed by atoms with Gasteiger partial charge in [-0.1, -0.05) is 182 Å². The van der Waals surface area contributed by atoms with Crippen LogP contribution in [-0.4, -0.2) is 0 Å². The van der Waals surface area contributed by atoms with E-state index in [0.717, 1.165) is 35.5 Å². The summed E-state index contributed by atoms with van der Waals surface area (Å²) >= 11 is 0. The van der Waals surface area contributed by atoms with Gasteiger partial charge in [-0.3, -0.25) is 0 Å². The van der Waals surface area contributed by atoms with Gasteiger partial charge in [0.25, 0.3) is 0 Å². The lowest BCUT2D eigenvalue weighted by molar-refractivity contribution is 0.266. The molecule has 0 aliphatic rings. The van der Waals surface area contributed by atoms with Gasteiger partial charge in [-0.05, 0) is 85.5 Å². The fraction of sp³-hybridized carbons (Fsp3) is 0.857. The molecule has 7 atom stereocenters. The van der Waals surface area contributed by atoms with Crippen molar-refractivity contribution in [1.82, 2.24) is 0 Å². The second-order valence-corrected chi connectivity index (χ2v) is 15.7. The van der Waals surface area contributed by atoms with Crippen LogP contribution in [0.3, 0.4) is 0 Å². The van der Waals surface area contributed by atoms with Crippen LogP contribution in [0.1, 0.15) is 202 Å². The second-order valence-electron chi connectivity index (χ2n) is 15.7. The highest BCUT2D eigenvalue weighted by molar-refractivity contribution is 5.18. The van der Waals surface area contributed by atoms with Gasteiger partial charge in [0.2, 0.25) is 0 Å². The van der Waals surface area contributed by atoms with Crippen LogP contribution in [0, 0.1) is 35.5 Å². The number of unbranched alkanes of at least 4 members (excludes halogenated alkanes) is 13. The van der Waals surface area contributed by atoms with Gasteiger partial charge in [0.15, 0.2) is 0 Å². The van der Waals surface area contributed by atoms with Crippen LogP contribution in [-0.2, 0) is 0 Å². The lowest BCUT2D eigenvalue weighted by atomic mass is 9.80. The van der Waals surface area contributed by atoms with E-state index in [0.29, 0.717) is 5.92 Å². The largest absolute Gasteiger partial charge is 0.0654 e. The van der Waals surface area contributed by atoms with Crippen molar-refractivity contribution in [2.24, 2.45) is 35.5 Å². The fourth-order valence-corrected chi connectivity index (χ4v) is 8.24. The van der Waals surface area contributed by atoms with Gasteiger partial charge in [0.1, 0.15) is 0 Å². The van der Waals surface area contributed by atoms with Gasteiger partial charge < -0.3 is 0 Å². The van der Waals surface area contributed by atoms with Gasteiger partial charge in [-0.15, -0.1) is 0 Å². The summed E-state index contributed by atoms with van der Waals surface area (Å²) in [7, 11) is 0. The summed E-state index contributed by atoms with van der Waals surface area (Å²) in [6, 6.07) is 11.1. The van der Waals surface area contributed by atoms with Crippen molar-refractivity contribution >= 4 is 0 Å². The normalized spacial score (nSPS) is 17.0. The molecule has 0 saturated heterocycles. The van der Waals surface area contributed by atoms with Crippen LogP contribution >= 0.6 is 0 Å². The lowest BCUT2D eigenvalue weighted by Gasteiger charge is -2.26. The van der Waals surface area contributed by atoms with Crippen molar-refractivity contribution in [3.8, 4) is 0 Å². The molecule has 0 aliphatic carbocycles. The van der Waals surface area contributed by atoms with Gasteiger partial charge >= 0.3 is 0 Å². The molecule has 0 heterocycles. The number of hydrogen-bond acceptors (Lipinski definition) is 0. The zero-order valence-corrected chi connectivity index (χ0v) is 30.3. The minimum absolute atomic E-state index is 0.670. The predicted molar refractivity (Wildman–Crippen MR) is 192 cm³/mol. The Bertz CT molecular complexity index is 691. The van der Waals surface area contributed by atoms with Crippen LogP contribution in [0.25, 0.3) is 0 Å². The molecule has 0 radical (unpaired) electrons. The molecule has 0 spiro atoms. The van der Waals surface area contributed by atoms with Crippen LogP contribution in [0.5, 0.6) is 0 Å². The Kier molecular flexibility index (Phi) is 23.9. The molecule has 246 valence electrons. The SMILES string of the molecule is CCCCCCCCCCCCCCCC[C@H](C)C[C@H](C)C[C@H](C)C[C@H](C)C[C@H](C)C[C@H](C)C[C@H](C)c1ccccc1. The first-order valence-electron chi connectivity index (χ1n) is 19.3. The van der Waals surface area contributed by atoms with Crippen molar-refractivity contribution in [2.45, 2.75) is 196 Å². The monoisotopic (exact) mass is 583 g/mol. The van der Waals surface area contributed by atoms with Crippen LogP contribution in [0.2, 0.25) is 0 Å². The molecule has 0 nitrogen and oxygen atoms in total. The first-order valence-corrected chi connectivity index (χ1v) is 19.3. The van der Waals surface area contributed by atoms with Crippen LogP contribution in [0.4, 0.5) is 0 Å². The van der Waals surface area contributed by atoms with E-state index in [2.05, 4.69) is 85.7 Å². The maximum absolute atomic E-state index is 2.53. The molecule has 0 amide bonds. The highest BCUT2D eigenvalue weighted by Crippen LogP contribution is 2.32. The Morgan fingerprint density at radius 3 is 1.12 bits per heavy atom. The van der Waals surface area contributed by atoms with Crippen molar-refractivity contribution in [2.75, 3.05) is 0 Å². The van der Waals surface area contributed by atoms with E-state index >= 15 is 0 Å². The zero-order chi connectivity index (χ0) is 31.0. The standard InChI is InChI=1S/C42H78/c1-9-10-11-12-13-14-15-16-17-18-19-20-21-23-26-35(2)29-36(3)30-37(4)31-38(5)32-39(6)33-40(7)34-41(8)42-27-24-22-25-28-42/h22,24-25,27-28,35-41H,9-21,23,26,29-34H2,1-8H3/t35-,36-,37-,38-,39-,40-,41-/m0/s1. The molecular formula is C42H78. The Balaban J connectivity index is 2.04. The van der Waals surface area contributed by atoms with E-state index in [1.807, 2.05) is 0 Å². The van der Waals surface area contributed by atoms with Crippen LogP contribution in [0.15, 0.2) is 30.3 Å². The third-order valence-corrected chi connectivity index (χ3v) is 10.2. The quantitative estimate of drug-likeness (QED) is 0.0862. The number of rotatable bonds is 28. The molecule has 1 aromatic carbocycles. The van der Waals surface area contributed by atoms with E-state index in [9.17, 15) is 0 Å². The molecule has 0 aromatic heterocycles. The fourth-order valence-electron chi connectivity index (χ4n) is 8.24. The Morgan fingerprint density at radius 1 is 0.381 bits per heavy atom. The minimum atomic E-state index is 0.670. The minimum Gasteiger partial charge on any atom is -0.0654 e. The molecular weight excluding hydrogens is 504 g/mol. The summed E-state index contributed by atoms with van der Waals surface area (Å²) in [6.07, 6.45) is 30.3. The van der Waals surface area contributed by atoms with E-state index < -0.39 is 0 Å². The molecule has 1 rings (SSSR count). The van der Waals surface area contributed by atoms with Gasteiger partial charge in [0.05, 0.1) is 0 Å². The average molecular weight is 583 g/mol. The van der Waals surface area contributed by atoms with E-state index in [4.69, 9.17) is 0 Å². The summed E-state index contributed by atoms with van der Waals surface area (Å²) < 4.78 is 0. The van der Waals surface area contributed by atoms with Crippen molar-refractivity contribution in [1.29, 1.82) is 0 Å². The molecule has 0 bridgehead atoms. The summed E-state index contributed by atoms with van der Waals surface area (Å²) in [5, 5.41) is 0. The molecule has 0 heteroatoms. The molecule has 0 unspecified atom stereocenters. The predicted octanol–water partition coefficient (Wildman–Crippen LogP) is 14.8. The Labute approximate surface area is 267 Å². The molecule has 0 fully saturated rings. The summed E-state index contributed by atoms with van der Waals surface area (Å²) in [5.41, 5.74) is 1.50. The van der Waals surface area contributed by atoms with Crippen molar-refractivity contribution < 1.29 is 0 Å². The third-order valence-electron chi connectivity index (χ3n) is 10.2. The molecule has 0 saturated carbocycles. The Hall–Kier alpha value is -0.780. The van der Waals surface area contributed by atoms with Crippen molar-refractivity contribution in [3.63, 3.8) is 0 Å². The maximum atomic E-state index is 2.53. The van der Waals surface area contributed by atoms with Gasteiger partial charge in [-0.25, -0.2) is 0 Å². The first kappa shape index (κ1) is 39.2. The van der Waals surface area contributed by atoms with Crippen molar-refractivity contribution in [3.05, 3.63) is 35.9 Å². The second kappa shape index (κ2) is 25.5. The van der Waals surface area contributed by atoms with Gasteiger partial charge in [-0.2, -0.15) is 0 Å². The molecule has 0 N–H and O–H groups in total. The zero-order valence-electron chi connectivity index (χ0n) is 30.3. The topological polar surface area (TPSA) is 0 Å². The van der Waals surface area contributed by atoms with E-state index in [1.165, 1.54) is 140 Å². The molecule has 42 heavy (non-hydrogen) atoms. The first-order chi connectivity index (χ1) is 20.2. The summed E-state index contributed by atoms with van der Waals surface area (Å²) in [4.78, 5) is 0. The van der Waals surface area contributed by atoms with Gasteiger partial charge in [0, 0.05) is 0 Å². The lowest BCUT2D eigenvalue weighted by Crippen LogP contribution is -2.13. The van der Waals surface area contributed by atoms with Crippen LogP contribution < -0.4 is 0 Å². The maximum Gasteiger partial charge on any atom is -0.0188 e. The third kappa shape index (κ3) is 21.8. The average Bonchev–Trinajstić information content (AvgIpc) is 2.93. The summed E-state index contributed by atoms with van der Waals surface area (Å²) in [6.45, 7) is 19.8. The summed E-state index contributed by atoms with van der Waals surface area (Å²) in [5.74, 6) is 5.82. The smallest absolute Gasteiger partial charge is 0.0188 e. The highest BCUT2D eigenvalue weighted by Gasteiger charge is 2.19. The number of benzene rings is 1. The number of hydrogen-bond donors (Lipinski definition) is 0. The highest BCUT2D eigenvalue weighted by atomic mass is 14.2. The molecule has 1 aromatic rings.